The first kappa shape index (κ1) is 14.0. The van der Waals surface area contributed by atoms with Crippen LogP contribution in [-0.2, 0) is 24.2 Å². The number of benzene rings is 2. The maximum absolute atomic E-state index is 12.4. The van der Waals surface area contributed by atoms with Crippen LogP contribution in [0.5, 0.6) is 0 Å². The minimum absolute atomic E-state index is 0.139. The van der Waals surface area contributed by atoms with Crippen LogP contribution in [0.25, 0.3) is 0 Å². The zero-order chi connectivity index (χ0) is 14.8. The number of carbonyl (C=O) groups excluding carboxylic acids is 1. The van der Waals surface area contributed by atoms with E-state index in [4.69, 9.17) is 17.3 Å². The van der Waals surface area contributed by atoms with Crippen molar-refractivity contribution >= 4 is 23.2 Å². The molecule has 0 fully saturated rings. The van der Waals surface area contributed by atoms with E-state index < -0.39 is 0 Å². The molecule has 0 aliphatic carbocycles. The van der Waals surface area contributed by atoms with E-state index in [2.05, 4.69) is 0 Å². The topological polar surface area (TPSA) is 46.3 Å². The summed E-state index contributed by atoms with van der Waals surface area (Å²) >= 11 is 5.96. The Balaban J connectivity index is 1.71. The molecule has 1 aliphatic rings. The molecule has 3 rings (SSSR count). The van der Waals surface area contributed by atoms with E-state index in [1.54, 1.807) is 0 Å². The number of anilines is 1. The van der Waals surface area contributed by atoms with Crippen molar-refractivity contribution in [3.8, 4) is 0 Å². The molecule has 0 saturated heterocycles. The van der Waals surface area contributed by atoms with E-state index in [1.165, 1.54) is 11.1 Å². The third-order valence-electron chi connectivity index (χ3n) is 3.84. The molecule has 0 spiro atoms. The molecule has 0 atom stereocenters. The van der Waals surface area contributed by atoms with Gasteiger partial charge in [0, 0.05) is 23.8 Å². The SMILES string of the molecule is Nc1ccc2c(c1)CCN(C(=O)Cc1cccc(Cl)c1)C2. The van der Waals surface area contributed by atoms with Crippen LogP contribution in [0.1, 0.15) is 16.7 Å². The van der Waals surface area contributed by atoms with Crippen LogP contribution in [0.4, 0.5) is 5.69 Å². The largest absolute Gasteiger partial charge is 0.399 e. The highest BCUT2D eigenvalue weighted by Crippen LogP contribution is 2.22. The first-order chi connectivity index (χ1) is 10.1. The first-order valence-corrected chi connectivity index (χ1v) is 7.39. The minimum atomic E-state index is 0.139. The van der Waals surface area contributed by atoms with Crippen molar-refractivity contribution in [2.45, 2.75) is 19.4 Å². The van der Waals surface area contributed by atoms with Crippen molar-refractivity contribution in [2.24, 2.45) is 0 Å². The lowest BCUT2D eigenvalue weighted by atomic mass is 9.98. The molecule has 2 aromatic carbocycles. The highest BCUT2D eigenvalue weighted by molar-refractivity contribution is 6.30. The van der Waals surface area contributed by atoms with E-state index in [1.807, 2.05) is 47.4 Å². The van der Waals surface area contributed by atoms with Gasteiger partial charge in [0.2, 0.25) is 5.91 Å². The van der Waals surface area contributed by atoms with Gasteiger partial charge in [-0.1, -0.05) is 29.8 Å². The summed E-state index contributed by atoms with van der Waals surface area (Å²) in [7, 11) is 0. The van der Waals surface area contributed by atoms with Gasteiger partial charge in [-0.3, -0.25) is 4.79 Å². The minimum Gasteiger partial charge on any atom is -0.399 e. The predicted molar refractivity (Wildman–Crippen MR) is 85.1 cm³/mol. The number of amides is 1. The average Bonchev–Trinajstić information content (AvgIpc) is 2.46. The maximum atomic E-state index is 12.4. The molecule has 4 heteroatoms. The highest BCUT2D eigenvalue weighted by atomic mass is 35.5. The van der Waals surface area contributed by atoms with Gasteiger partial charge in [0.05, 0.1) is 6.42 Å². The second kappa shape index (κ2) is 5.78. The van der Waals surface area contributed by atoms with Gasteiger partial charge in [-0.25, -0.2) is 0 Å². The van der Waals surface area contributed by atoms with E-state index in [0.29, 0.717) is 18.0 Å². The summed E-state index contributed by atoms with van der Waals surface area (Å²) < 4.78 is 0. The van der Waals surface area contributed by atoms with Crippen molar-refractivity contribution < 1.29 is 4.79 Å². The molecule has 0 aromatic heterocycles. The quantitative estimate of drug-likeness (QED) is 0.867. The summed E-state index contributed by atoms with van der Waals surface area (Å²) in [6, 6.07) is 13.4. The Morgan fingerprint density at radius 2 is 2.05 bits per heavy atom. The summed E-state index contributed by atoms with van der Waals surface area (Å²) in [5, 5.41) is 0.666. The fourth-order valence-corrected chi connectivity index (χ4v) is 2.93. The van der Waals surface area contributed by atoms with Gasteiger partial charge in [-0.05, 0) is 47.4 Å². The summed E-state index contributed by atoms with van der Waals surface area (Å²) in [5.74, 6) is 0.139. The molecule has 108 valence electrons. The van der Waals surface area contributed by atoms with E-state index in [9.17, 15) is 4.79 Å². The Kier molecular flexibility index (Phi) is 3.84. The Morgan fingerprint density at radius 1 is 1.19 bits per heavy atom. The Bertz CT molecular complexity index is 684. The zero-order valence-corrected chi connectivity index (χ0v) is 12.4. The molecule has 21 heavy (non-hydrogen) atoms. The molecule has 0 radical (unpaired) electrons. The molecule has 2 N–H and O–H groups in total. The first-order valence-electron chi connectivity index (χ1n) is 7.01. The van der Waals surface area contributed by atoms with Gasteiger partial charge in [0.1, 0.15) is 0 Å². The molecule has 2 aromatic rings. The van der Waals surface area contributed by atoms with Crippen LogP contribution < -0.4 is 5.73 Å². The van der Waals surface area contributed by atoms with Gasteiger partial charge in [-0.15, -0.1) is 0 Å². The second-order valence-corrected chi connectivity index (χ2v) is 5.84. The molecule has 1 aliphatic heterocycles. The van der Waals surface area contributed by atoms with Crippen LogP contribution in [0.3, 0.4) is 0 Å². The number of hydrogen-bond acceptors (Lipinski definition) is 2. The summed E-state index contributed by atoms with van der Waals surface area (Å²) in [5.41, 5.74) is 9.98. The molecule has 0 bridgehead atoms. The van der Waals surface area contributed by atoms with Crippen molar-refractivity contribution in [3.05, 3.63) is 64.2 Å². The zero-order valence-electron chi connectivity index (χ0n) is 11.7. The van der Waals surface area contributed by atoms with Crippen LogP contribution in [0, 0.1) is 0 Å². The van der Waals surface area contributed by atoms with Crippen LogP contribution in [0.2, 0.25) is 5.02 Å². The normalized spacial score (nSPS) is 13.9. The molecule has 1 amide bonds. The van der Waals surface area contributed by atoms with Gasteiger partial charge in [0.25, 0.3) is 0 Å². The number of fused-ring (bicyclic) bond motifs is 1. The van der Waals surface area contributed by atoms with Crippen molar-refractivity contribution in [2.75, 3.05) is 12.3 Å². The standard InChI is InChI=1S/C17H17ClN2O/c18-15-3-1-2-12(8-15)9-17(21)20-7-6-13-10-16(19)5-4-14(13)11-20/h1-5,8,10H,6-7,9,11,19H2. The number of carbonyl (C=O) groups is 1. The fourth-order valence-electron chi connectivity index (χ4n) is 2.72. The molecular formula is C17H17ClN2O. The average molecular weight is 301 g/mol. The monoisotopic (exact) mass is 300 g/mol. The molecule has 1 heterocycles. The number of nitrogens with two attached hydrogens (primary N) is 1. The third-order valence-corrected chi connectivity index (χ3v) is 4.07. The van der Waals surface area contributed by atoms with Crippen molar-refractivity contribution in [1.29, 1.82) is 0 Å². The molecule has 3 nitrogen and oxygen atoms in total. The fraction of sp³-hybridized carbons (Fsp3) is 0.235. The van der Waals surface area contributed by atoms with Crippen LogP contribution in [-0.4, -0.2) is 17.4 Å². The number of hydrogen-bond donors (Lipinski definition) is 1. The van der Waals surface area contributed by atoms with Gasteiger partial charge in [-0.2, -0.15) is 0 Å². The summed E-state index contributed by atoms with van der Waals surface area (Å²) in [6.07, 6.45) is 1.26. The predicted octanol–water partition coefficient (Wildman–Crippen LogP) is 3.05. The van der Waals surface area contributed by atoms with Gasteiger partial charge >= 0.3 is 0 Å². The third kappa shape index (κ3) is 3.19. The van der Waals surface area contributed by atoms with Crippen molar-refractivity contribution in [1.82, 2.24) is 4.90 Å². The summed E-state index contributed by atoms with van der Waals surface area (Å²) in [4.78, 5) is 14.3. The van der Waals surface area contributed by atoms with Gasteiger partial charge in [0.15, 0.2) is 0 Å². The second-order valence-electron chi connectivity index (χ2n) is 5.40. The molecule has 0 saturated carbocycles. The van der Waals surface area contributed by atoms with E-state index in [-0.39, 0.29) is 5.91 Å². The Hall–Kier alpha value is -2.00. The maximum Gasteiger partial charge on any atom is 0.227 e. The highest BCUT2D eigenvalue weighted by Gasteiger charge is 2.20. The summed E-state index contributed by atoms with van der Waals surface area (Å²) in [6.45, 7) is 1.41. The number of rotatable bonds is 2. The smallest absolute Gasteiger partial charge is 0.227 e. The lowest BCUT2D eigenvalue weighted by molar-refractivity contribution is -0.131. The Labute approximate surface area is 129 Å². The molecular weight excluding hydrogens is 284 g/mol. The lowest BCUT2D eigenvalue weighted by Gasteiger charge is -2.29. The van der Waals surface area contributed by atoms with E-state index >= 15 is 0 Å². The number of halogens is 1. The van der Waals surface area contributed by atoms with E-state index in [0.717, 1.165) is 24.2 Å². The van der Waals surface area contributed by atoms with Crippen molar-refractivity contribution in [3.63, 3.8) is 0 Å². The van der Waals surface area contributed by atoms with Crippen LogP contribution >= 0.6 is 11.6 Å². The Morgan fingerprint density at radius 3 is 2.86 bits per heavy atom. The van der Waals surface area contributed by atoms with Crippen LogP contribution in [0.15, 0.2) is 42.5 Å². The number of nitrogen functional groups attached to an aromatic ring is 1. The molecule has 0 unspecified atom stereocenters. The number of nitrogens with zero attached hydrogens (tertiary/aromatic N) is 1. The lowest BCUT2D eigenvalue weighted by Crippen LogP contribution is -2.36. The van der Waals surface area contributed by atoms with Gasteiger partial charge < -0.3 is 10.6 Å².